The van der Waals surface area contributed by atoms with E-state index in [0.717, 1.165) is 0 Å². The SMILES string of the molecule is O=C1OC2c3ccccc3C(=O)N2c2ccc(O)cc21. The lowest BCUT2D eigenvalue weighted by Gasteiger charge is -2.31. The van der Waals surface area contributed by atoms with E-state index < -0.39 is 12.2 Å². The van der Waals surface area contributed by atoms with Gasteiger partial charge in [0.2, 0.25) is 6.23 Å². The van der Waals surface area contributed by atoms with Gasteiger partial charge in [-0.05, 0) is 24.3 Å². The molecule has 2 aliphatic rings. The van der Waals surface area contributed by atoms with E-state index in [0.29, 0.717) is 16.8 Å². The molecule has 2 aromatic carbocycles. The van der Waals surface area contributed by atoms with Crippen LogP contribution in [0.15, 0.2) is 42.5 Å². The van der Waals surface area contributed by atoms with Crippen molar-refractivity contribution in [3.63, 3.8) is 0 Å². The molecule has 0 saturated heterocycles. The summed E-state index contributed by atoms with van der Waals surface area (Å²) < 4.78 is 5.34. The third-order valence-electron chi connectivity index (χ3n) is 3.59. The molecule has 0 aromatic heterocycles. The summed E-state index contributed by atoms with van der Waals surface area (Å²) in [5.41, 5.74) is 1.88. The molecule has 0 radical (unpaired) electrons. The molecule has 0 saturated carbocycles. The quantitative estimate of drug-likeness (QED) is 0.743. The number of anilines is 1. The molecule has 1 unspecified atom stereocenters. The van der Waals surface area contributed by atoms with Crippen molar-refractivity contribution < 1.29 is 19.4 Å². The summed E-state index contributed by atoms with van der Waals surface area (Å²) in [7, 11) is 0. The van der Waals surface area contributed by atoms with E-state index in [4.69, 9.17) is 4.74 Å². The lowest BCUT2D eigenvalue weighted by atomic mass is 10.1. The average molecular weight is 267 g/mol. The number of nitrogens with zero attached hydrogens (tertiary/aromatic N) is 1. The van der Waals surface area contributed by atoms with Crippen LogP contribution in [0.1, 0.15) is 32.5 Å². The largest absolute Gasteiger partial charge is 0.508 e. The van der Waals surface area contributed by atoms with E-state index in [1.54, 1.807) is 30.3 Å². The van der Waals surface area contributed by atoms with Crippen molar-refractivity contribution in [3.8, 4) is 5.75 Å². The van der Waals surface area contributed by atoms with Gasteiger partial charge in [0.25, 0.3) is 5.91 Å². The first-order valence-corrected chi connectivity index (χ1v) is 6.13. The predicted octanol–water partition coefficient (Wildman–Crippen LogP) is 2.22. The fraction of sp³-hybridized carbons (Fsp3) is 0.0667. The minimum atomic E-state index is -0.719. The van der Waals surface area contributed by atoms with E-state index in [1.807, 2.05) is 0 Å². The Morgan fingerprint density at radius 1 is 1.05 bits per heavy atom. The summed E-state index contributed by atoms with van der Waals surface area (Å²) in [6.45, 7) is 0. The minimum Gasteiger partial charge on any atom is -0.508 e. The van der Waals surface area contributed by atoms with E-state index in [1.165, 1.54) is 17.0 Å². The van der Waals surface area contributed by atoms with Crippen LogP contribution in [0.3, 0.4) is 0 Å². The number of phenolic OH excluding ortho intramolecular Hbond substituents is 1. The zero-order chi connectivity index (χ0) is 13.9. The number of carbonyl (C=O) groups excluding carboxylic acids is 2. The zero-order valence-corrected chi connectivity index (χ0v) is 10.2. The minimum absolute atomic E-state index is 0.0386. The van der Waals surface area contributed by atoms with E-state index >= 15 is 0 Å². The van der Waals surface area contributed by atoms with Crippen LogP contribution in [0.2, 0.25) is 0 Å². The second-order valence-corrected chi connectivity index (χ2v) is 4.72. The summed E-state index contributed by atoms with van der Waals surface area (Å²) in [6, 6.07) is 11.4. The van der Waals surface area contributed by atoms with Crippen molar-refractivity contribution >= 4 is 17.6 Å². The summed E-state index contributed by atoms with van der Waals surface area (Å²) in [5, 5.41) is 9.47. The van der Waals surface area contributed by atoms with E-state index in [2.05, 4.69) is 0 Å². The number of amides is 1. The molecule has 1 amide bonds. The molecular formula is C15H9NO4. The lowest BCUT2D eigenvalue weighted by Crippen LogP contribution is -2.36. The Kier molecular flexibility index (Phi) is 1.99. The first-order valence-electron chi connectivity index (χ1n) is 6.13. The van der Waals surface area contributed by atoms with E-state index in [-0.39, 0.29) is 17.2 Å². The van der Waals surface area contributed by atoms with Gasteiger partial charge in [-0.1, -0.05) is 18.2 Å². The molecule has 4 rings (SSSR count). The first kappa shape index (κ1) is 11.0. The number of fused-ring (bicyclic) bond motifs is 5. The van der Waals surface area contributed by atoms with Crippen molar-refractivity contribution in [2.45, 2.75) is 6.23 Å². The molecule has 2 aliphatic heterocycles. The Hall–Kier alpha value is -2.82. The fourth-order valence-corrected chi connectivity index (χ4v) is 2.70. The summed E-state index contributed by atoms with van der Waals surface area (Å²) >= 11 is 0. The fourth-order valence-electron chi connectivity index (χ4n) is 2.70. The standard InChI is InChI=1S/C15H9NO4/c17-8-5-6-12-11(7-8)15(19)20-14-10-4-2-1-3-9(10)13(18)16(12)14/h1-7,14,17H. The van der Waals surface area contributed by atoms with Crippen molar-refractivity contribution in [1.82, 2.24) is 0 Å². The molecule has 20 heavy (non-hydrogen) atoms. The smallest absolute Gasteiger partial charge is 0.342 e. The van der Waals surface area contributed by atoms with Crippen LogP contribution in [0.4, 0.5) is 5.69 Å². The second kappa shape index (κ2) is 3.60. The number of benzene rings is 2. The number of rotatable bonds is 0. The van der Waals surface area contributed by atoms with Crippen LogP contribution in [0.25, 0.3) is 0 Å². The molecular weight excluding hydrogens is 258 g/mol. The van der Waals surface area contributed by atoms with Gasteiger partial charge in [0.15, 0.2) is 0 Å². The number of hydrogen-bond donors (Lipinski definition) is 1. The normalized spacial score (nSPS) is 19.2. The van der Waals surface area contributed by atoms with Crippen molar-refractivity contribution in [1.29, 1.82) is 0 Å². The lowest BCUT2D eigenvalue weighted by molar-refractivity contribution is 0.0272. The maximum absolute atomic E-state index is 12.5. The Morgan fingerprint density at radius 3 is 2.70 bits per heavy atom. The van der Waals surface area contributed by atoms with Crippen molar-refractivity contribution in [3.05, 3.63) is 59.2 Å². The highest BCUT2D eigenvalue weighted by molar-refractivity contribution is 6.15. The number of aromatic hydroxyl groups is 1. The van der Waals surface area contributed by atoms with Crippen LogP contribution >= 0.6 is 0 Å². The second-order valence-electron chi connectivity index (χ2n) is 4.72. The van der Waals surface area contributed by atoms with Gasteiger partial charge >= 0.3 is 5.97 Å². The molecule has 0 bridgehead atoms. The van der Waals surface area contributed by atoms with E-state index in [9.17, 15) is 14.7 Å². The monoisotopic (exact) mass is 267 g/mol. The third-order valence-corrected chi connectivity index (χ3v) is 3.59. The molecule has 2 aromatic rings. The topological polar surface area (TPSA) is 66.8 Å². The zero-order valence-electron chi connectivity index (χ0n) is 10.2. The molecule has 0 fully saturated rings. The van der Waals surface area contributed by atoms with Gasteiger partial charge in [-0.25, -0.2) is 4.79 Å². The molecule has 0 aliphatic carbocycles. The summed E-state index contributed by atoms with van der Waals surface area (Å²) in [5.74, 6) is -0.782. The summed E-state index contributed by atoms with van der Waals surface area (Å²) in [4.78, 5) is 25.9. The highest BCUT2D eigenvalue weighted by Crippen LogP contribution is 2.44. The van der Waals surface area contributed by atoms with Crippen molar-refractivity contribution in [2.24, 2.45) is 0 Å². The highest BCUT2D eigenvalue weighted by Gasteiger charge is 2.44. The van der Waals surface area contributed by atoms with Gasteiger partial charge in [0, 0.05) is 11.1 Å². The van der Waals surface area contributed by atoms with Crippen LogP contribution in [-0.2, 0) is 4.74 Å². The van der Waals surface area contributed by atoms with Gasteiger partial charge in [0.1, 0.15) is 5.75 Å². The van der Waals surface area contributed by atoms with Crippen LogP contribution in [-0.4, -0.2) is 17.0 Å². The molecule has 1 N–H and O–H groups in total. The van der Waals surface area contributed by atoms with Crippen molar-refractivity contribution in [2.75, 3.05) is 4.90 Å². The Balaban J connectivity index is 1.96. The number of carbonyl (C=O) groups is 2. The number of ether oxygens (including phenoxy) is 1. The average Bonchev–Trinajstić information content (AvgIpc) is 2.73. The molecule has 5 nitrogen and oxygen atoms in total. The molecule has 98 valence electrons. The molecule has 0 spiro atoms. The van der Waals surface area contributed by atoms with Gasteiger partial charge in [-0.2, -0.15) is 0 Å². The third kappa shape index (κ3) is 1.26. The Labute approximate surface area is 114 Å². The Morgan fingerprint density at radius 2 is 1.85 bits per heavy atom. The molecule has 5 heteroatoms. The Bertz CT molecular complexity index is 768. The van der Waals surface area contributed by atoms with Gasteiger partial charge in [-0.15, -0.1) is 0 Å². The van der Waals surface area contributed by atoms with Gasteiger partial charge < -0.3 is 9.84 Å². The molecule has 2 heterocycles. The number of esters is 1. The van der Waals surface area contributed by atoms with Crippen LogP contribution in [0.5, 0.6) is 5.75 Å². The maximum atomic E-state index is 12.5. The first-order chi connectivity index (χ1) is 9.66. The molecule has 1 atom stereocenters. The number of phenols is 1. The van der Waals surface area contributed by atoms with Gasteiger partial charge in [-0.3, -0.25) is 9.69 Å². The highest BCUT2D eigenvalue weighted by atomic mass is 16.6. The van der Waals surface area contributed by atoms with Crippen LogP contribution < -0.4 is 4.90 Å². The summed E-state index contributed by atoms with van der Waals surface area (Å²) in [6.07, 6.45) is -0.719. The number of hydrogen-bond acceptors (Lipinski definition) is 4. The maximum Gasteiger partial charge on any atom is 0.342 e. The predicted molar refractivity (Wildman–Crippen MR) is 69.5 cm³/mol. The van der Waals surface area contributed by atoms with Gasteiger partial charge in [0.05, 0.1) is 11.3 Å². The van der Waals surface area contributed by atoms with Crippen LogP contribution in [0, 0.1) is 0 Å².